The number of hydrogen-bond acceptors (Lipinski definition) is 5. The van der Waals surface area contributed by atoms with Crippen molar-refractivity contribution in [2.24, 2.45) is 0 Å². The maximum Gasteiger partial charge on any atom is 0.265 e. The number of hydrogen-bond donors (Lipinski definition) is 0. The SMILES string of the molecule is CCc1cccc(-n2c3nc4ccccc4nc3c3c(=O)n(C[C@@H]4CCCO4)c(C)nc32)c1. The topological polar surface area (TPSA) is 74.8 Å². The minimum absolute atomic E-state index is 0.0437. The normalized spacial score (nSPS) is 16.4. The van der Waals surface area contributed by atoms with Gasteiger partial charge in [-0.15, -0.1) is 0 Å². The van der Waals surface area contributed by atoms with Crippen LogP contribution in [0, 0.1) is 6.92 Å². The average Bonchev–Trinajstić information content (AvgIpc) is 3.46. The van der Waals surface area contributed by atoms with E-state index in [4.69, 9.17) is 19.7 Å². The van der Waals surface area contributed by atoms with Gasteiger partial charge in [0.15, 0.2) is 11.3 Å². The first-order valence-corrected chi connectivity index (χ1v) is 11.5. The Kier molecular flexibility index (Phi) is 4.73. The molecule has 0 spiro atoms. The third kappa shape index (κ3) is 3.23. The van der Waals surface area contributed by atoms with Crippen LogP contribution in [0.15, 0.2) is 53.3 Å². The van der Waals surface area contributed by atoms with Crippen molar-refractivity contribution in [3.05, 3.63) is 70.3 Å². The number of nitrogens with zero attached hydrogens (tertiary/aromatic N) is 5. The number of rotatable bonds is 4. The highest BCUT2D eigenvalue weighted by Crippen LogP contribution is 2.29. The molecule has 6 rings (SSSR count). The highest BCUT2D eigenvalue weighted by Gasteiger charge is 2.24. The van der Waals surface area contributed by atoms with Gasteiger partial charge in [0.2, 0.25) is 0 Å². The van der Waals surface area contributed by atoms with Gasteiger partial charge < -0.3 is 4.74 Å². The molecule has 3 aromatic heterocycles. The van der Waals surface area contributed by atoms with E-state index in [1.807, 2.05) is 47.9 Å². The van der Waals surface area contributed by atoms with Crippen molar-refractivity contribution in [2.45, 2.75) is 45.8 Å². The summed E-state index contributed by atoms with van der Waals surface area (Å²) < 4.78 is 9.52. The van der Waals surface area contributed by atoms with Gasteiger partial charge in [-0.25, -0.2) is 15.0 Å². The number of benzene rings is 2. The third-order valence-electron chi connectivity index (χ3n) is 6.54. The van der Waals surface area contributed by atoms with E-state index in [0.717, 1.165) is 42.6 Å². The van der Waals surface area contributed by atoms with Crippen LogP contribution < -0.4 is 5.56 Å². The average molecular weight is 440 g/mol. The fraction of sp³-hybridized carbons (Fsp3) is 0.308. The van der Waals surface area contributed by atoms with Gasteiger partial charge in [-0.2, -0.15) is 0 Å². The first-order valence-electron chi connectivity index (χ1n) is 11.5. The summed E-state index contributed by atoms with van der Waals surface area (Å²) in [5, 5.41) is 0.508. The Balaban J connectivity index is 1.71. The molecular formula is C26H25N5O2. The van der Waals surface area contributed by atoms with Crippen LogP contribution in [0.3, 0.4) is 0 Å². The largest absolute Gasteiger partial charge is 0.376 e. The summed E-state index contributed by atoms with van der Waals surface area (Å²) in [4.78, 5) is 28.6. The van der Waals surface area contributed by atoms with Crippen molar-refractivity contribution >= 4 is 33.2 Å². The number of ether oxygens (including phenoxy) is 1. The third-order valence-corrected chi connectivity index (χ3v) is 6.54. The highest BCUT2D eigenvalue weighted by atomic mass is 16.5. The number of aromatic nitrogens is 5. The summed E-state index contributed by atoms with van der Waals surface area (Å²) in [5.74, 6) is 0.670. The molecule has 1 atom stereocenters. The molecule has 0 radical (unpaired) electrons. The van der Waals surface area contributed by atoms with Gasteiger partial charge in [-0.1, -0.05) is 31.2 Å². The molecule has 4 heterocycles. The lowest BCUT2D eigenvalue weighted by atomic mass is 10.1. The smallest absolute Gasteiger partial charge is 0.265 e. The number of aryl methyl sites for hydroxylation is 2. The molecular weight excluding hydrogens is 414 g/mol. The van der Waals surface area contributed by atoms with Gasteiger partial charge >= 0.3 is 0 Å². The standard InChI is InChI=1S/C26H25N5O2/c1-3-17-8-6-9-18(14-17)31-24-22(23-25(31)29-21-12-5-4-11-20(21)28-23)26(32)30(16(2)27-24)15-19-10-7-13-33-19/h4-6,8-9,11-12,14,19H,3,7,10,13,15H2,1-2H3/t19-/m0/s1. The minimum Gasteiger partial charge on any atom is -0.376 e. The minimum atomic E-state index is -0.0898. The molecule has 7 heteroatoms. The molecule has 33 heavy (non-hydrogen) atoms. The molecule has 0 bridgehead atoms. The van der Waals surface area contributed by atoms with E-state index in [1.165, 1.54) is 5.56 Å². The van der Waals surface area contributed by atoms with Crippen LogP contribution >= 0.6 is 0 Å². The Bertz CT molecular complexity index is 1580. The van der Waals surface area contributed by atoms with Crippen LogP contribution in [0.4, 0.5) is 0 Å². The Morgan fingerprint density at radius 1 is 1.03 bits per heavy atom. The van der Waals surface area contributed by atoms with Gasteiger partial charge in [0.1, 0.15) is 16.7 Å². The fourth-order valence-corrected chi connectivity index (χ4v) is 4.80. The molecule has 1 saturated heterocycles. The number of fused-ring (bicyclic) bond motifs is 4. The van der Waals surface area contributed by atoms with Gasteiger partial charge in [-0.3, -0.25) is 13.9 Å². The second-order valence-corrected chi connectivity index (χ2v) is 8.65. The first kappa shape index (κ1) is 20.1. The Hall–Kier alpha value is -3.58. The van der Waals surface area contributed by atoms with Crippen LogP contribution in [0.2, 0.25) is 0 Å². The fourth-order valence-electron chi connectivity index (χ4n) is 4.80. The highest BCUT2D eigenvalue weighted by molar-refractivity contribution is 6.05. The van der Waals surface area contributed by atoms with Crippen molar-refractivity contribution in [2.75, 3.05) is 6.61 Å². The van der Waals surface area contributed by atoms with Crippen molar-refractivity contribution < 1.29 is 4.74 Å². The predicted octanol–water partition coefficient (Wildman–Crippen LogP) is 4.33. The zero-order valence-electron chi connectivity index (χ0n) is 18.8. The van der Waals surface area contributed by atoms with E-state index < -0.39 is 0 Å². The summed E-state index contributed by atoms with van der Waals surface area (Å²) in [5.41, 5.74) is 5.43. The molecule has 1 aliphatic heterocycles. The van der Waals surface area contributed by atoms with Gasteiger partial charge in [0, 0.05) is 12.3 Å². The summed E-state index contributed by atoms with van der Waals surface area (Å²) in [6.07, 6.45) is 2.95. The van der Waals surface area contributed by atoms with Crippen LogP contribution in [0.25, 0.3) is 38.9 Å². The number of para-hydroxylation sites is 2. The molecule has 0 unspecified atom stereocenters. The van der Waals surface area contributed by atoms with Crippen molar-refractivity contribution in [1.82, 2.24) is 24.1 Å². The van der Waals surface area contributed by atoms with Crippen molar-refractivity contribution in [3.8, 4) is 5.69 Å². The van der Waals surface area contributed by atoms with Crippen LogP contribution in [0.1, 0.15) is 31.2 Å². The van der Waals surface area contributed by atoms with Crippen LogP contribution in [-0.4, -0.2) is 36.8 Å². The molecule has 0 saturated carbocycles. The maximum atomic E-state index is 13.8. The summed E-state index contributed by atoms with van der Waals surface area (Å²) in [6, 6.07) is 16.1. The molecule has 0 aliphatic carbocycles. The van der Waals surface area contributed by atoms with Crippen molar-refractivity contribution in [1.29, 1.82) is 0 Å². The molecule has 5 aromatic rings. The second-order valence-electron chi connectivity index (χ2n) is 8.65. The van der Waals surface area contributed by atoms with E-state index in [-0.39, 0.29) is 11.7 Å². The Labute approximate surface area is 190 Å². The lowest BCUT2D eigenvalue weighted by Gasteiger charge is -2.14. The molecule has 0 amide bonds. The molecule has 1 fully saturated rings. The molecule has 7 nitrogen and oxygen atoms in total. The van der Waals surface area contributed by atoms with E-state index >= 15 is 0 Å². The van der Waals surface area contributed by atoms with E-state index in [2.05, 4.69) is 19.1 Å². The van der Waals surface area contributed by atoms with Crippen LogP contribution in [-0.2, 0) is 17.7 Å². The lowest BCUT2D eigenvalue weighted by Crippen LogP contribution is -2.29. The second kappa shape index (κ2) is 7.78. The van der Waals surface area contributed by atoms with Crippen LogP contribution in [0.5, 0.6) is 0 Å². The molecule has 2 aromatic carbocycles. The Morgan fingerprint density at radius 2 is 1.85 bits per heavy atom. The molecule has 1 aliphatic rings. The van der Waals surface area contributed by atoms with E-state index in [1.54, 1.807) is 4.57 Å². The van der Waals surface area contributed by atoms with Crippen molar-refractivity contribution in [3.63, 3.8) is 0 Å². The predicted molar refractivity (Wildman–Crippen MR) is 129 cm³/mol. The zero-order valence-corrected chi connectivity index (χ0v) is 18.8. The summed E-state index contributed by atoms with van der Waals surface area (Å²) in [7, 11) is 0. The van der Waals surface area contributed by atoms with E-state index in [9.17, 15) is 4.79 Å². The Morgan fingerprint density at radius 3 is 2.61 bits per heavy atom. The summed E-state index contributed by atoms with van der Waals surface area (Å²) in [6.45, 7) is 5.27. The van der Waals surface area contributed by atoms with E-state index in [0.29, 0.717) is 34.6 Å². The van der Waals surface area contributed by atoms with Gasteiger partial charge in [0.25, 0.3) is 5.56 Å². The first-order chi connectivity index (χ1) is 16.1. The monoisotopic (exact) mass is 439 g/mol. The summed E-state index contributed by atoms with van der Waals surface area (Å²) >= 11 is 0. The quantitative estimate of drug-likeness (QED) is 0.417. The molecule has 166 valence electrons. The molecule has 0 N–H and O–H groups in total. The van der Waals surface area contributed by atoms with Gasteiger partial charge in [0.05, 0.1) is 23.7 Å². The maximum absolute atomic E-state index is 13.8. The zero-order chi connectivity index (χ0) is 22.5. The van der Waals surface area contributed by atoms with Gasteiger partial charge in [-0.05, 0) is 56.0 Å². The lowest BCUT2D eigenvalue weighted by molar-refractivity contribution is 0.0955.